The average molecular weight is 150 g/mol. The van der Waals surface area contributed by atoms with Gasteiger partial charge in [-0.3, -0.25) is 0 Å². The van der Waals surface area contributed by atoms with Crippen LogP contribution >= 0.6 is 0 Å². The second-order valence-corrected chi connectivity index (χ2v) is 2.58. The SMILES string of the molecule is c1ccc2c(c1)COCOC2. The van der Waals surface area contributed by atoms with Gasteiger partial charge in [0.15, 0.2) is 0 Å². The second-order valence-electron chi connectivity index (χ2n) is 2.58. The summed E-state index contributed by atoms with van der Waals surface area (Å²) >= 11 is 0. The maximum Gasteiger partial charge on any atom is 0.147 e. The van der Waals surface area contributed by atoms with Crippen molar-refractivity contribution in [3.05, 3.63) is 35.4 Å². The Morgan fingerprint density at radius 1 is 0.909 bits per heavy atom. The van der Waals surface area contributed by atoms with Crippen LogP contribution in [0.3, 0.4) is 0 Å². The van der Waals surface area contributed by atoms with E-state index < -0.39 is 0 Å². The van der Waals surface area contributed by atoms with Crippen LogP contribution in [0, 0.1) is 0 Å². The molecule has 11 heavy (non-hydrogen) atoms. The third-order valence-corrected chi connectivity index (χ3v) is 1.80. The van der Waals surface area contributed by atoms with Gasteiger partial charge < -0.3 is 9.47 Å². The molecule has 2 rings (SSSR count). The summed E-state index contributed by atoms with van der Waals surface area (Å²) in [6, 6.07) is 8.19. The van der Waals surface area contributed by atoms with E-state index in [4.69, 9.17) is 9.47 Å². The second kappa shape index (κ2) is 3.03. The fraction of sp³-hybridized carbons (Fsp3) is 0.333. The molecule has 0 saturated heterocycles. The molecule has 0 aromatic heterocycles. The zero-order valence-corrected chi connectivity index (χ0v) is 6.25. The van der Waals surface area contributed by atoms with Gasteiger partial charge in [0.25, 0.3) is 0 Å². The molecule has 1 aromatic carbocycles. The summed E-state index contributed by atoms with van der Waals surface area (Å²) in [4.78, 5) is 0. The molecular formula is C9H10O2. The lowest BCUT2D eigenvalue weighted by molar-refractivity contribution is -0.0586. The first-order valence-corrected chi connectivity index (χ1v) is 3.69. The van der Waals surface area contributed by atoms with Gasteiger partial charge in [0.1, 0.15) is 6.79 Å². The third-order valence-electron chi connectivity index (χ3n) is 1.80. The molecule has 0 bridgehead atoms. The van der Waals surface area contributed by atoms with E-state index in [0.29, 0.717) is 20.0 Å². The quantitative estimate of drug-likeness (QED) is 0.560. The van der Waals surface area contributed by atoms with E-state index in [2.05, 4.69) is 12.1 Å². The predicted octanol–water partition coefficient (Wildman–Crippen LogP) is 1.69. The Bertz CT molecular complexity index is 220. The molecular weight excluding hydrogens is 140 g/mol. The zero-order chi connectivity index (χ0) is 7.52. The van der Waals surface area contributed by atoms with Crippen molar-refractivity contribution in [3.63, 3.8) is 0 Å². The van der Waals surface area contributed by atoms with E-state index in [1.165, 1.54) is 11.1 Å². The Hall–Kier alpha value is -0.860. The van der Waals surface area contributed by atoms with Gasteiger partial charge in [-0.25, -0.2) is 0 Å². The highest BCUT2D eigenvalue weighted by molar-refractivity contribution is 5.25. The topological polar surface area (TPSA) is 18.5 Å². The van der Waals surface area contributed by atoms with Crippen molar-refractivity contribution in [2.45, 2.75) is 13.2 Å². The van der Waals surface area contributed by atoms with Crippen LogP contribution in [0.25, 0.3) is 0 Å². The summed E-state index contributed by atoms with van der Waals surface area (Å²) in [6.07, 6.45) is 0. The Morgan fingerprint density at radius 2 is 1.45 bits per heavy atom. The standard InChI is InChI=1S/C9H10O2/c1-2-4-9-6-11-7-10-5-8(9)3-1/h1-4H,5-7H2. The summed E-state index contributed by atoms with van der Waals surface area (Å²) in [7, 11) is 0. The molecule has 0 unspecified atom stereocenters. The molecule has 0 aliphatic carbocycles. The number of ether oxygens (including phenoxy) is 2. The summed E-state index contributed by atoms with van der Waals surface area (Å²) < 4.78 is 10.4. The lowest BCUT2D eigenvalue weighted by Gasteiger charge is -2.00. The highest BCUT2D eigenvalue weighted by Gasteiger charge is 2.05. The first-order chi connectivity index (χ1) is 5.47. The van der Waals surface area contributed by atoms with E-state index in [1.807, 2.05) is 12.1 Å². The fourth-order valence-corrected chi connectivity index (χ4v) is 1.20. The number of fused-ring (bicyclic) bond motifs is 1. The lowest BCUT2D eigenvalue weighted by atomic mass is 10.1. The molecule has 1 aliphatic heterocycles. The maximum atomic E-state index is 5.20. The summed E-state index contributed by atoms with van der Waals surface area (Å²) in [6.45, 7) is 1.76. The van der Waals surface area contributed by atoms with Crippen LogP contribution in [-0.2, 0) is 22.7 Å². The fourth-order valence-electron chi connectivity index (χ4n) is 1.20. The van der Waals surface area contributed by atoms with Crippen molar-refractivity contribution in [2.24, 2.45) is 0 Å². The minimum Gasteiger partial charge on any atom is -0.351 e. The highest BCUT2D eigenvalue weighted by atomic mass is 16.7. The molecule has 2 heteroatoms. The van der Waals surface area contributed by atoms with Crippen LogP contribution in [-0.4, -0.2) is 6.79 Å². The van der Waals surface area contributed by atoms with Crippen LogP contribution < -0.4 is 0 Å². The largest absolute Gasteiger partial charge is 0.351 e. The molecule has 58 valence electrons. The molecule has 0 saturated carbocycles. The molecule has 0 radical (unpaired) electrons. The lowest BCUT2D eigenvalue weighted by Crippen LogP contribution is -1.92. The average Bonchev–Trinajstić information content (AvgIpc) is 2.28. The normalized spacial score (nSPS) is 17.1. The zero-order valence-electron chi connectivity index (χ0n) is 6.25. The first kappa shape index (κ1) is 6.83. The molecule has 0 amide bonds. The van der Waals surface area contributed by atoms with Gasteiger partial charge in [0.05, 0.1) is 13.2 Å². The van der Waals surface area contributed by atoms with Gasteiger partial charge in [-0.15, -0.1) is 0 Å². The Morgan fingerprint density at radius 3 is 2.00 bits per heavy atom. The van der Waals surface area contributed by atoms with Crippen molar-refractivity contribution in [1.82, 2.24) is 0 Å². The highest BCUT2D eigenvalue weighted by Crippen LogP contribution is 2.14. The predicted molar refractivity (Wildman–Crippen MR) is 40.9 cm³/mol. The van der Waals surface area contributed by atoms with Gasteiger partial charge in [-0.2, -0.15) is 0 Å². The summed E-state index contributed by atoms with van der Waals surface area (Å²) in [5.74, 6) is 0. The van der Waals surface area contributed by atoms with Gasteiger partial charge in [0, 0.05) is 0 Å². The number of benzene rings is 1. The van der Waals surface area contributed by atoms with Crippen LogP contribution in [0.2, 0.25) is 0 Å². The first-order valence-electron chi connectivity index (χ1n) is 3.69. The molecule has 0 atom stereocenters. The van der Waals surface area contributed by atoms with Crippen molar-refractivity contribution in [3.8, 4) is 0 Å². The third kappa shape index (κ3) is 1.42. The molecule has 1 aromatic rings. The molecule has 2 nitrogen and oxygen atoms in total. The van der Waals surface area contributed by atoms with E-state index >= 15 is 0 Å². The van der Waals surface area contributed by atoms with Crippen molar-refractivity contribution in [2.75, 3.05) is 6.79 Å². The number of hydrogen-bond acceptors (Lipinski definition) is 2. The van der Waals surface area contributed by atoms with Crippen LogP contribution in [0.15, 0.2) is 24.3 Å². The van der Waals surface area contributed by atoms with Crippen LogP contribution in [0.4, 0.5) is 0 Å². The Labute approximate surface area is 65.7 Å². The summed E-state index contributed by atoms with van der Waals surface area (Å²) in [5.41, 5.74) is 2.48. The van der Waals surface area contributed by atoms with Gasteiger partial charge >= 0.3 is 0 Å². The summed E-state index contributed by atoms with van der Waals surface area (Å²) in [5, 5.41) is 0. The van der Waals surface area contributed by atoms with E-state index in [1.54, 1.807) is 0 Å². The van der Waals surface area contributed by atoms with Crippen molar-refractivity contribution >= 4 is 0 Å². The molecule has 1 aliphatic rings. The van der Waals surface area contributed by atoms with Gasteiger partial charge in [-0.1, -0.05) is 24.3 Å². The Balaban J connectivity index is 2.33. The van der Waals surface area contributed by atoms with Crippen molar-refractivity contribution < 1.29 is 9.47 Å². The Kier molecular flexibility index (Phi) is 1.88. The molecule has 0 spiro atoms. The molecule has 0 N–H and O–H groups in total. The van der Waals surface area contributed by atoms with Crippen LogP contribution in [0.5, 0.6) is 0 Å². The number of hydrogen-bond donors (Lipinski definition) is 0. The van der Waals surface area contributed by atoms with E-state index in [9.17, 15) is 0 Å². The van der Waals surface area contributed by atoms with Gasteiger partial charge in [0.2, 0.25) is 0 Å². The minimum absolute atomic E-state index is 0.411. The monoisotopic (exact) mass is 150 g/mol. The molecule has 1 heterocycles. The van der Waals surface area contributed by atoms with Crippen LogP contribution in [0.1, 0.15) is 11.1 Å². The maximum absolute atomic E-state index is 5.20. The van der Waals surface area contributed by atoms with Crippen molar-refractivity contribution in [1.29, 1.82) is 0 Å². The number of rotatable bonds is 0. The smallest absolute Gasteiger partial charge is 0.147 e. The van der Waals surface area contributed by atoms with Gasteiger partial charge in [-0.05, 0) is 11.1 Å². The van der Waals surface area contributed by atoms with E-state index in [-0.39, 0.29) is 0 Å². The minimum atomic E-state index is 0.411. The van der Waals surface area contributed by atoms with E-state index in [0.717, 1.165) is 0 Å². The molecule has 0 fully saturated rings.